The number of nitrogens with one attached hydrogen (secondary N) is 3. The Bertz CT molecular complexity index is 972. The summed E-state index contributed by atoms with van der Waals surface area (Å²) in [6, 6.07) is 19.3. The number of anilines is 2. The number of carbonyl (C=O) groups is 2. The minimum absolute atomic E-state index is 0.128. The van der Waals surface area contributed by atoms with Crippen LogP contribution in [-0.4, -0.2) is 18.4 Å². The molecule has 0 atom stereocenters. The summed E-state index contributed by atoms with van der Waals surface area (Å²) in [6.45, 7) is 0.503. The Balaban J connectivity index is 1.43. The van der Waals surface area contributed by atoms with Crippen molar-refractivity contribution < 1.29 is 14.0 Å². The summed E-state index contributed by atoms with van der Waals surface area (Å²) in [5.74, 6) is -0.231. The average molecular weight is 374 g/mol. The van der Waals surface area contributed by atoms with Crippen LogP contribution < -0.4 is 16.0 Å². The van der Waals surface area contributed by atoms with E-state index in [1.54, 1.807) is 48.5 Å². The summed E-state index contributed by atoms with van der Waals surface area (Å²) in [5.41, 5.74) is 2.88. The summed E-state index contributed by atoms with van der Waals surface area (Å²) < 4.78 is 5.04. The van der Waals surface area contributed by atoms with Crippen molar-refractivity contribution in [2.75, 3.05) is 17.2 Å². The van der Waals surface area contributed by atoms with Crippen molar-refractivity contribution in [1.82, 2.24) is 5.32 Å². The van der Waals surface area contributed by atoms with Crippen molar-refractivity contribution in [2.24, 2.45) is 0 Å². The number of rotatable bonds is 7. The quantitative estimate of drug-likeness (QED) is 0.589. The Morgan fingerprint density at radius 2 is 1.68 bits per heavy atom. The van der Waals surface area contributed by atoms with Crippen LogP contribution in [-0.2, 0) is 11.3 Å². The first-order chi connectivity index (χ1) is 13.6. The van der Waals surface area contributed by atoms with Crippen molar-refractivity contribution >= 4 is 23.2 Å². The summed E-state index contributed by atoms with van der Waals surface area (Å²) >= 11 is 0. The maximum Gasteiger partial charge on any atom is 0.291 e. The molecular weight excluding hydrogens is 356 g/mol. The lowest BCUT2D eigenvalue weighted by Crippen LogP contribution is -2.29. The number of hydrogen-bond donors (Lipinski definition) is 3. The third-order valence-corrected chi connectivity index (χ3v) is 3.91. The Morgan fingerprint density at radius 3 is 2.32 bits per heavy atom. The predicted molar refractivity (Wildman–Crippen MR) is 105 cm³/mol. The van der Waals surface area contributed by atoms with E-state index in [4.69, 9.17) is 9.68 Å². The van der Waals surface area contributed by atoms with Crippen molar-refractivity contribution in [3.63, 3.8) is 0 Å². The van der Waals surface area contributed by atoms with Gasteiger partial charge in [-0.15, -0.1) is 0 Å². The van der Waals surface area contributed by atoms with Gasteiger partial charge in [0.15, 0.2) is 5.76 Å². The number of amides is 2. The van der Waals surface area contributed by atoms with Crippen LogP contribution >= 0.6 is 0 Å². The van der Waals surface area contributed by atoms with Crippen LogP contribution in [0.2, 0.25) is 0 Å². The number of hydrogen-bond acceptors (Lipinski definition) is 5. The second-order valence-electron chi connectivity index (χ2n) is 5.95. The number of benzene rings is 2. The molecule has 28 heavy (non-hydrogen) atoms. The lowest BCUT2D eigenvalue weighted by atomic mass is 10.2. The summed E-state index contributed by atoms with van der Waals surface area (Å²) in [6.07, 6.45) is 1.44. The SMILES string of the molecule is N#Cc1ccc(NCC(=O)NCc2ccc(NC(=O)c3ccco3)cc2)cc1. The zero-order valence-corrected chi connectivity index (χ0v) is 14.9. The van der Waals surface area contributed by atoms with Gasteiger partial charge in [-0.2, -0.15) is 5.26 Å². The Labute approximate surface area is 162 Å². The molecule has 3 aromatic rings. The van der Waals surface area contributed by atoms with E-state index in [0.717, 1.165) is 11.3 Å². The molecule has 0 radical (unpaired) electrons. The van der Waals surface area contributed by atoms with Gasteiger partial charge in [-0.25, -0.2) is 0 Å². The van der Waals surface area contributed by atoms with Crippen molar-refractivity contribution in [2.45, 2.75) is 6.54 Å². The molecule has 0 saturated heterocycles. The van der Waals surface area contributed by atoms with Gasteiger partial charge in [-0.3, -0.25) is 9.59 Å². The van der Waals surface area contributed by atoms with Crippen LogP contribution in [0.1, 0.15) is 21.7 Å². The first-order valence-corrected chi connectivity index (χ1v) is 8.58. The van der Waals surface area contributed by atoms with Crippen LogP contribution in [0.15, 0.2) is 71.3 Å². The van der Waals surface area contributed by atoms with E-state index in [9.17, 15) is 9.59 Å². The van der Waals surface area contributed by atoms with Gasteiger partial charge < -0.3 is 20.4 Å². The zero-order chi connectivity index (χ0) is 19.8. The average Bonchev–Trinajstić information content (AvgIpc) is 3.27. The largest absolute Gasteiger partial charge is 0.459 e. The smallest absolute Gasteiger partial charge is 0.291 e. The molecule has 0 fully saturated rings. The maximum atomic E-state index is 12.0. The van der Waals surface area contributed by atoms with Gasteiger partial charge in [0, 0.05) is 17.9 Å². The molecule has 2 aromatic carbocycles. The van der Waals surface area contributed by atoms with Crippen LogP contribution in [0.5, 0.6) is 0 Å². The van der Waals surface area contributed by atoms with Crippen LogP contribution in [0.3, 0.4) is 0 Å². The Morgan fingerprint density at radius 1 is 0.964 bits per heavy atom. The van der Waals surface area contributed by atoms with Crippen molar-refractivity contribution in [1.29, 1.82) is 5.26 Å². The molecule has 0 aliphatic rings. The lowest BCUT2D eigenvalue weighted by molar-refractivity contribution is -0.119. The highest BCUT2D eigenvalue weighted by molar-refractivity contribution is 6.02. The Hall–Kier alpha value is -4.05. The third kappa shape index (κ3) is 5.22. The van der Waals surface area contributed by atoms with E-state index in [2.05, 4.69) is 16.0 Å². The van der Waals surface area contributed by atoms with Crippen LogP contribution in [0, 0.1) is 11.3 Å². The molecule has 0 spiro atoms. The van der Waals surface area contributed by atoms with Gasteiger partial charge in [-0.05, 0) is 54.1 Å². The number of carbonyl (C=O) groups excluding carboxylic acids is 2. The molecule has 0 bridgehead atoms. The van der Waals surface area contributed by atoms with Gasteiger partial charge in [0.1, 0.15) is 0 Å². The van der Waals surface area contributed by atoms with Crippen molar-refractivity contribution in [3.05, 3.63) is 83.8 Å². The van der Waals surface area contributed by atoms with Gasteiger partial charge in [0.25, 0.3) is 5.91 Å². The topological polar surface area (TPSA) is 107 Å². The summed E-state index contributed by atoms with van der Waals surface area (Å²) in [5, 5.41) is 17.3. The molecule has 0 unspecified atom stereocenters. The van der Waals surface area contributed by atoms with E-state index in [1.807, 2.05) is 18.2 Å². The van der Waals surface area contributed by atoms with E-state index in [0.29, 0.717) is 17.8 Å². The summed E-state index contributed by atoms with van der Waals surface area (Å²) in [4.78, 5) is 23.9. The molecule has 0 aliphatic heterocycles. The minimum atomic E-state index is -0.320. The normalized spacial score (nSPS) is 9.96. The molecule has 3 rings (SSSR count). The second kappa shape index (κ2) is 9.05. The minimum Gasteiger partial charge on any atom is -0.459 e. The molecule has 1 heterocycles. The molecule has 0 saturated carbocycles. The molecular formula is C21H18N4O3. The number of furan rings is 1. The molecule has 7 heteroatoms. The number of nitriles is 1. The van der Waals surface area contributed by atoms with Crippen LogP contribution in [0.25, 0.3) is 0 Å². The zero-order valence-electron chi connectivity index (χ0n) is 14.9. The first-order valence-electron chi connectivity index (χ1n) is 8.58. The van der Waals surface area contributed by atoms with Gasteiger partial charge in [0.2, 0.25) is 5.91 Å². The van der Waals surface area contributed by atoms with E-state index in [1.165, 1.54) is 6.26 Å². The molecule has 1 aromatic heterocycles. The molecule has 2 amide bonds. The lowest BCUT2D eigenvalue weighted by Gasteiger charge is -2.09. The monoisotopic (exact) mass is 374 g/mol. The highest BCUT2D eigenvalue weighted by Gasteiger charge is 2.08. The van der Waals surface area contributed by atoms with E-state index >= 15 is 0 Å². The third-order valence-electron chi connectivity index (χ3n) is 3.91. The fourth-order valence-electron chi connectivity index (χ4n) is 2.41. The van der Waals surface area contributed by atoms with Gasteiger partial charge in [0.05, 0.1) is 24.4 Å². The molecule has 140 valence electrons. The number of nitrogens with zero attached hydrogens (tertiary/aromatic N) is 1. The summed E-state index contributed by atoms with van der Waals surface area (Å²) in [7, 11) is 0. The second-order valence-corrected chi connectivity index (χ2v) is 5.95. The maximum absolute atomic E-state index is 12.0. The van der Waals surface area contributed by atoms with Gasteiger partial charge in [-0.1, -0.05) is 12.1 Å². The molecule has 3 N–H and O–H groups in total. The first kappa shape index (κ1) is 18.7. The highest BCUT2D eigenvalue weighted by atomic mass is 16.3. The van der Waals surface area contributed by atoms with Gasteiger partial charge >= 0.3 is 0 Å². The predicted octanol–water partition coefficient (Wildman–Crippen LogP) is 3.13. The fourth-order valence-corrected chi connectivity index (χ4v) is 2.41. The Kier molecular flexibility index (Phi) is 6.06. The highest BCUT2D eigenvalue weighted by Crippen LogP contribution is 2.12. The van der Waals surface area contributed by atoms with E-state index < -0.39 is 0 Å². The van der Waals surface area contributed by atoms with Crippen molar-refractivity contribution in [3.8, 4) is 6.07 Å². The molecule has 0 aliphatic carbocycles. The molecule has 7 nitrogen and oxygen atoms in total. The van der Waals surface area contributed by atoms with E-state index in [-0.39, 0.29) is 24.1 Å². The fraction of sp³-hybridized carbons (Fsp3) is 0.0952. The standard InChI is InChI=1S/C21H18N4O3/c22-12-15-3-7-17(8-4-15)23-14-20(26)24-13-16-5-9-18(10-6-16)25-21(27)19-2-1-11-28-19/h1-11,23H,13-14H2,(H,24,26)(H,25,27). The van der Waals surface area contributed by atoms with Crippen LogP contribution in [0.4, 0.5) is 11.4 Å².